The topological polar surface area (TPSA) is 160 Å². The number of nitrogen functional groups attached to an aromatic ring is 1. The lowest BCUT2D eigenvalue weighted by Gasteiger charge is -2.10. The largest absolute Gasteiger partial charge is 0.495 e. The molecule has 0 unspecified atom stereocenters. The van der Waals surface area contributed by atoms with Gasteiger partial charge in [0.05, 0.1) is 30.6 Å². The van der Waals surface area contributed by atoms with Crippen LogP contribution < -0.4 is 21.5 Å². The van der Waals surface area contributed by atoms with Gasteiger partial charge in [-0.15, -0.1) is 16.4 Å². The predicted molar refractivity (Wildman–Crippen MR) is 119 cm³/mol. The summed E-state index contributed by atoms with van der Waals surface area (Å²) >= 11 is 1.39. The molecule has 0 amide bonds. The zero-order valence-corrected chi connectivity index (χ0v) is 18.2. The van der Waals surface area contributed by atoms with Gasteiger partial charge in [-0.25, -0.2) is 4.79 Å². The van der Waals surface area contributed by atoms with Crippen LogP contribution in [-0.4, -0.2) is 37.8 Å². The Balaban J connectivity index is 1.34. The predicted octanol–water partition coefficient (Wildman–Crippen LogP) is 2.22. The first-order valence-electron chi connectivity index (χ1n) is 9.70. The van der Waals surface area contributed by atoms with Gasteiger partial charge in [-0.3, -0.25) is 4.79 Å². The molecule has 0 spiro atoms. The Kier molecular flexibility index (Phi) is 6.59. The maximum absolute atomic E-state index is 12.2. The number of thiophene rings is 1. The lowest BCUT2D eigenvalue weighted by molar-refractivity contribution is -0.145. The van der Waals surface area contributed by atoms with Gasteiger partial charge in [0, 0.05) is 0 Å². The summed E-state index contributed by atoms with van der Waals surface area (Å²) in [7, 11) is 1.54. The van der Waals surface area contributed by atoms with Crippen molar-refractivity contribution in [2.45, 2.75) is 19.6 Å². The van der Waals surface area contributed by atoms with E-state index in [1.54, 1.807) is 25.3 Å². The highest BCUT2D eigenvalue weighted by Crippen LogP contribution is 2.25. The molecule has 0 aliphatic carbocycles. The number of carbonyl (C=O) groups is 1. The molecule has 3 N–H and O–H groups in total. The highest BCUT2D eigenvalue weighted by atomic mass is 32.1. The summed E-state index contributed by atoms with van der Waals surface area (Å²) in [5, 5.41) is 8.93. The number of aryl methyl sites for hydroxylation is 1. The highest BCUT2D eigenvalue weighted by Gasteiger charge is 2.14. The standard InChI is InChI=1S/C20H19N7O5S/c1-30-13-6-3-2-5-12(13)22-19-24-15(23-18(21)25-19)11-31-16(28)8-9-27-20(29)32-17(26-27)14-7-4-10-33-14/h2-7,10H,8-9,11H2,1H3,(H3,21,22,23,24,25). The fourth-order valence-electron chi connectivity index (χ4n) is 2.79. The van der Waals surface area contributed by atoms with Crippen LogP contribution in [0.15, 0.2) is 51.0 Å². The van der Waals surface area contributed by atoms with E-state index in [4.69, 9.17) is 19.6 Å². The lowest BCUT2D eigenvalue weighted by Crippen LogP contribution is -2.19. The number of para-hydroxylation sites is 2. The lowest BCUT2D eigenvalue weighted by atomic mass is 10.3. The molecule has 33 heavy (non-hydrogen) atoms. The fourth-order valence-corrected chi connectivity index (χ4v) is 3.43. The second kappa shape index (κ2) is 9.91. The molecule has 0 bridgehead atoms. The summed E-state index contributed by atoms with van der Waals surface area (Å²) in [6.07, 6.45) is -0.0940. The number of aromatic nitrogens is 5. The van der Waals surface area contributed by atoms with E-state index in [9.17, 15) is 9.59 Å². The van der Waals surface area contributed by atoms with Crippen molar-refractivity contribution in [3.8, 4) is 16.5 Å². The van der Waals surface area contributed by atoms with Crippen molar-refractivity contribution in [3.63, 3.8) is 0 Å². The molecule has 0 fully saturated rings. The van der Waals surface area contributed by atoms with Crippen LogP contribution in [0.1, 0.15) is 12.2 Å². The van der Waals surface area contributed by atoms with Crippen LogP contribution in [-0.2, 0) is 22.7 Å². The molecule has 3 heterocycles. The Morgan fingerprint density at radius 1 is 1.21 bits per heavy atom. The third-order valence-corrected chi connectivity index (χ3v) is 5.14. The first-order chi connectivity index (χ1) is 16.0. The molecule has 0 saturated heterocycles. The second-order valence-electron chi connectivity index (χ2n) is 6.54. The summed E-state index contributed by atoms with van der Waals surface area (Å²) in [6, 6.07) is 10.8. The molecule has 0 saturated carbocycles. The number of methoxy groups -OCH3 is 1. The van der Waals surface area contributed by atoms with Gasteiger partial charge in [-0.1, -0.05) is 18.2 Å². The number of hydrogen-bond donors (Lipinski definition) is 2. The normalized spacial score (nSPS) is 10.7. The minimum absolute atomic E-state index is 0.00644. The Morgan fingerprint density at radius 2 is 2.06 bits per heavy atom. The molecule has 4 aromatic rings. The molecule has 3 aromatic heterocycles. The Morgan fingerprint density at radius 3 is 2.85 bits per heavy atom. The van der Waals surface area contributed by atoms with Crippen molar-refractivity contribution in [1.82, 2.24) is 24.7 Å². The molecule has 0 aliphatic rings. The van der Waals surface area contributed by atoms with Gasteiger partial charge in [0.1, 0.15) is 5.75 Å². The molecule has 170 valence electrons. The van der Waals surface area contributed by atoms with Gasteiger partial charge in [-0.2, -0.15) is 19.6 Å². The summed E-state index contributed by atoms with van der Waals surface area (Å²) in [4.78, 5) is 37.0. The van der Waals surface area contributed by atoms with Crippen molar-refractivity contribution in [3.05, 3.63) is 58.2 Å². The minimum Gasteiger partial charge on any atom is -0.495 e. The molecule has 12 nitrogen and oxygen atoms in total. The molecule has 13 heteroatoms. The van der Waals surface area contributed by atoms with Crippen LogP contribution in [0.3, 0.4) is 0 Å². The van der Waals surface area contributed by atoms with E-state index in [2.05, 4.69) is 25.4 Å². The van der Waals surface area contributed by atoms with Gasteiger partial charge in [0.15, 0.2) is 12.4 Å². The van der Waals surface area contributed by atoms with E-state index in [1.165, 1.54) is 11.3 Å². The maximum Gasteiger partial charge on any atom is 0.437 e. The number of ether oxygens (including phenoxy) is 2. The van der Waals surface area contributed by atoms with Crippen LogP contribution in [0.2, 0.25) is 0 Å². The summed E-state index contributed by atoms with van der Waals surface area (Å²) in [6.45, 7) is -0.215. The molecule has 0 aliphatic heterocycles. The Bertz CT molecular complexity index is 1300. The molecule has 0 atom stereocenters. The van der Waals surface area contributed by atoms with E-state index in [0.717, 1.165) is 9.56 Å². The fraction of sp³-hybridized carbons (Fsp3) is 0.200. The Labute approximate surface area is 191 Å². The first-order valence-corrected chi connectivity index (χ1v) is 10.6. The van der Waals surface area contributed by atoms with E-state index in [1.807, 2.05) is 23.6 Å². The minimum atomic E-state index is -0.650. The summed E-state index contributed by atoms with van der Waals surface area (Å²) < 4.78 is 16.7. The number of nitrogens with one attached hydrogen (secondary N) is 1. The third kappa shape index (κ3) is 5.51. The summed E-state index contributed by atoms with van der Waals surface area (Å²) in [5.41, 5.74) is 6.39. The number of anilines is 3. The zero-order chi connectivity index (χ0) is 23.2. The molecule has 0 radical (unpaired) electrons. The number of nitrogens with two attached hydrogens (primary N) is 1. The second-order valence-corrected chi connectivity index (χ2v) is 7.49. The average Bonchev–Trinajstić information content (AvgIpc) is 3.46. The quantitative estimate of drug-likeness (QED) is 0.346. The van der Waals surface area contributed by atoms with Crippen LogP contribution in [0.25, 0.3) is 10.8 Å². The van der Waals surface area contributed by atoms with Crippen molar-refractivity contribution in [1.29, 1.82) is 0 Å². The van der Waals surface area contributed by atoms with E-state index in [0.29, 0.717) is 11.4 Å². The van der Waals surface area contributed by atoms with Gasteiger partial charge in [-0.05, 0) is 23.6 Å². The van der Waals surface area contributed by atoms with E-state index >= 15 is 0 Å². The molecular formula is C20H19N7O5S. The van der Waals surface area contributed by atoms with E-state index < -0.39 is 11.7 Å². The van der Waals surface area contributed by atoms with Crippen molar-refractivity contribution >= 4 is 34.9 Å². The summed E-state index contributed by atoms with van der Waals surface area (Å²) in [5.74, 6) is -0.123. The van der Waals surface area contributed by atoms with Crippen LogP contribution in [0, 0.1) is 0 Å². The van der Waals surface area contributed by atoms with Crippen molar-refractivity contribution in [2.24, 2.45) is 0 Å². The van der Waals surface area contributed by atoms with E-state index in [-0.39, 0.29) is 43.2 Å². The number of benzene rings is 1. The number of esters is 1. The first kappa shape index (κ1) is 22.0. The van der Waals surface area contributed by atoms with Gasteiger partial charge >= 0.3 is 11.7 Å². The van der Waals surface area contributed by atoms with Gasteiger partial charge < -0.3 is 24.9 Å². The van der Waals surface area contributed by atoms with Gasteiger partial charge in [0.25, 0.3) is 5.89 Å². The van der Waals surface area contributed by atoms with Gasteiger partial charge in [0.2, 0.25) is 11.9 Å². The number of nitrogens with zero attached hydrogens (tertiary/aromatic N) is 5. The zero-order valence-electron chi connectivity index (χ0n) is 17.4. The number of hydrogen-bond acceptors (Lipinski definition) is 12. The molecule has 1 aromatic carbocycles. The molecule has 4 rings (SSSR count). The number of carbonyl (C=O) groups excluding carboxylic acids is 1. The molecular weight excluding hydrogens is 450 g/mol. The monoisotopic (exact) mass is 469 g/mol. The van der Waals surface area contributed by atoms with Crippen LogP contribution in [0.5, 0.6) is 5.75 Å². The third-order valence-electron chi connectivity index (χ3n) is 4.28. The smallest absolute Gasteiger partial charge is 0.437 e. The Hall–Kier alpha value is -4.26. The average molecular weight is 469 g/mol. The maximum atomic E-state index is 12.2. The highest BCUT2D eigenvalue weighted by molar-refractivity contribution is 7.13. The van der Waals surface area contributed by atoms with Crippen molar-refractivity contribution < 1.29 is 18.7 Å². The SMILES string of the molecule is COc1ccccc1Nc1nc(N)nc(COC(=O)CCn2nc(-c3cccs3)oc2=O)n1. The van der Waals surface area contributed by atoms with Crippen LogP contribution >= 0.6 is 11.3 Å². The van der Waals surface area contributed by atoms with Crippen molar-refractivity contribution in [2.75, 3.05) is 18.2 Å². The number of rotatable bonds is 9. The van der Waals surface area contributed by atoms with Crippen LogP contribution in [0.4, 0.5) is 17.6 Å².